The molecule has 1 N–H and O–H groups in total. The van der Waals surface area contributed by atoms with Gasteiger partial charge in [-0.2, -0.15) is 5.10 Å². The monoisotopic (exact) mass is 489 g/mol. The zero-order valence-corrected chi connectivity index (χ0v) is 21.5. The lowest BCUT2D eigenvalue weighted by atomic mass is 9.96. The number of fused-ring (bicyclic) bond motifs is 2. The highest BCUT2D eigenvalue weighted by molar-refractivity contribution is 6.08. The summed E-state index contributed by atoms with van der Waals surface area (Å²) in [5.74, 6) is -0.0870. The number of aromatic nitrogens is 3. The summed E-state index contributed by atoms with van der Waals surface area (Å²) >= 11 is 0. The van der Waals surface area contributed by atoms with Crippen molar-refractivity contribution in [1.82, 2.24) is 14.6 Å². The Hall–Kier alpha value is -4.19. The summed E-state index contributed by atoms with van der Waals surface area (Å²) in [5.41, 5.74) is 7.03. The zero-order chi connectivity index (χ0) is 25.5. The van der Waals surface area contributed by atoms with Gasteiger partial charge in [-0.05, 0) is 67.8 Å². The quantitative estimate of drug-likeness (QED) is 0.297. The van der Waals surface area contributed by atoms with Crippen LogP contribution in [0.2, 0.25) is 0 Å². The Morgan fingerprint density at radius 3 is 2.32 bits per heavy atom. The fourth-order valence-corrected chi connectivity index (χ4v) is 5.80. The molecule has 0 aliphatic carbocycles. The van der Waals surface area contributed by atoms with Gasteiger partial charge in [-0.15, -0.1) is 0 Å². The molecule has 3 heterocycles. The molecule has 0 radical (unpaired) electrons. The molecule has 0 bridgehead atoms. The largest absolute Gasteiger partial charge is 0.366 e. The highest BCUT2D eigenvalue weighted by Gasteiger charge is 2.24. The third-order valence-corrected chi connectivity index (χ3v) is 7.57. The lowest BCUT2D eigenvalue weighted by Crippen LogP contribution is -2.43. The molecule has 0 spiro atoms. The normalized spacial score (nSPS) is 17.9. The average Bonchev–Trinajstić information content (AvgIpc) is 3.32. The lowest BCUT2D eigenvalue weighted by molar-refractivity contribution is -0.114. The Balaban J connectivity index is 1.34. The summed E-state index contributed by atoms with van der Waals surface area (Å²) in [6.45, 7) is 6.18. The number of amides is 1. The molecule has 2 aromatic heterocycles. The molecule has 1 fully saturated rings. The minimum atomic E-state index is -0.0870. The molecule has 1 aliphatic heterocycles. The topological polar surface area (TPSA) is 62.5 Å². The van der Waals surface area contributed by atoms with Gasteiger partial charge in [-0.3, -0.25) is 4.79 Å². The lowest BCUT2D eigenvalue weighted by Gasteiger charge is -2.41. The van der Waals surface area contributed by atoms with Crippen LogP contribution in [0.15, 0.2) is 79.3 Å². The van der Waals surface area contributed by atoms with Crippen molar-refractivity contribution in [3.8, 4) is 22.3 Å². The molecule has 2 atom stereocenters. The Bertz CT molecular complexity index is 1590. The molecule has 186 valence electrons. The van der Waals surface area contributed by atoms with Crippen molar-refractivity contribution in [1.29, 1.82) is 0 Å². The molecule has 0 saturated carbocycles. The molecular weight excluding hydrogens is 458 g/mol. The number of rotatable bonds is 4. The van der Waals surface area contributed by atoms with E-state index < -0.39 is 0 Å². The van der Waals surface area contributed by atoms with Crippen LogP contribution in [-0.2, 0) is 4.79 Å². The predicted octanol–water partition coefficient (Wildman–Crippen LogP) is 6.94. The van der Waals surface area contributed by atoms with Gasteiger partial charge in [0, 0.05) is 59.3 Å². The Morgan fingerprint density at radius 2 is 1.59 bits per heavy atom. The van der Waals surface area contributed by atoms with E-state index in [0.717, 1.165) is 44.4 Å². The van der Waals surface area contributed by atoms with E-state index in [0.29, 0.717) is 12.1 Å². The number of carbonyl (C=O) groups is 1. The zero-order valence-electron chi connectivity index (χ0n) is 21.5. The fourth-order valence-electron chi connectivity index (χ4n) is 5.80. The number of benzene rings is 3. The van der Waals surface area contributed by atoms with E-state index in [4.69, 9.17) is 4.98 Å². The van der Waals surface area contributed by atoms with Crippen LogP contribution in [0.3, 0.4) is 0 Å². The highest BCUT2D eigenvalue weighted by Crippen LogP contribution is 2.36. The number of hydrogen-bond donors (Lipinski definition) is 1. The van der Waals surface area contributed by atoms with Crippen LogP contribution in [0, 0.1) is 0 Å². The Labute approximate surface area is 217 Å². The summed E-state index contributed by atoms with van der Waals surface area (Å²) in [6, 6.07) is 22.0. The van der Waals surface area contributed by atoms with E-state index in [2.05, 4.69) is 59.5 Å². The average molecular weight is 490 g/mol. The molecular formula is C31H31N5O. The van der Waals surface area contributed by atoms with Crippen molar-refractivity contribution in [2.45, 2.75) is 52.1 Å². The maximum atomic E-state index is 11.7. The van der Waals surface area contributed by atoms with E-state index in [1.807, 2.05) is 53.4 Å². The maximum absolute atomic E-state index is 11.7. The van der Waals surface area contributed by atoms with Gasteiger partial charge < -0.3 is 10.2 Å². The standard InChI is InChI=1S/C31H31N5O/c1-20-7-6-8-21(2)36(20)25-13-11-23(12-14-25)24-17-32-31-29(18-33-35(31)19-24)27-15-16-30(34-22(3)37)28-10-5-4-9-26(27)28/h4-5,9-21H,6-8H2,1-3H3,(H,34,37)/t20-,21+. The summed E-state index contributed by atoms with van der Waals surface area (Å²) < 4.78 is 1.85. The summed E-state index contributed by atoms with van der Waals surface area (Å²) in [7, 11) is 0. The van der Waals surface area contributed by atoms with Crippen LogP contribution in [-0.4, -0.2) is 32.6 Å². The first-order valence-electron chi connectivity index (χ1n) is 13.0. The van der Waals surface area contributed by atoms with Gasteiger partial charge in [0.05, 0.1) is 6.20 Å². The fraction of sp³-hybridized carbons (Fsp3) is 0.258. The van der Waals surface area contributed by atoms with Crippen molar-refractivity contribution >= 4 is 33.7 Å². The molecule has 1 saturated heterocycles. The number of hydrogen-bond acceptors (Lipinski definition) is 4. The van der Waals surface area contributed by atoms with E-state index in [1.165, 1.54) is 31.9 Å². The first kappa shape index (κ1) is 23.2. The number of nitrogens with zero attached hydrogens (tertiary/aromatic N) is 4. The third kappa shape index (κ3) is 4.22. The second kappa shape index (κ2) is 9.36. The Morgan fingerprint density at radius 1 is 0.865 bits per heavy atom. The van der Waals surface area contributed by atoms with Gasteiger partial charge in [0.2, 0.25) is 5.91 Å². The first-order chi connectivity index (χ1) is 18.0. The minimum absolute atomic E-state index is 0.0870. The molecule has 6 heteroatoms. The first-order valence-corrected chi connectivity index (χ1v) is 13.0. The van der Waals surface area contributed by atoms with Crippen LogP contribution in [0.4, 0.5) is 11.4 Å². The molecule has 1 amide bonds. The molecule has 37 heavy (non-hydrogen) atoms. The van der Waals surface area contributed by atoms with Gasteiger partial charge in [0.15, 0.2) is 5.65 Å². The van der Waals surface area contributed by atoms with Crippen LogP contribution in [0.25, 0.3) is 38.7 Å². The Kier molecular flexibility index (Phi) is 5.87. The van der Waals surface area contributed by atoms with E-state index in [1.54, 1.807) is 0 Å². The van der Waals surface area contributed by atoms with Gasteiger partial charge in [0.25, 0.3) is 0 Å². The minimum Gasteiger partial charge on any atom is -0.366 e. The molecule has 5 aromatic rings. The number of piperidine rings is 1. The van der Waals surface area contributed by atoms with Gasteiger partial charge in [-0.25, -0.2) is 9.50 Å². The second-order valence-electron chi connectivity index (χ2n) is 10.1. The van der Waals surface area contributed by atoms with Gasteiger partial charge >= 0.3 is 0 Å². The number of nitrogens with one attached hydrogen (secondary N) is 1. The maximum Gasteiger partial charge on any atom is 0.221 e. The summed E-state index contributed by atoms with van der Waals surface area (Å²) in [5, 5.41) is 9.62. The predicted molar refractivity (Wildman–Crippen MR) is 151 cm³/mol. The second-order valence-corrected chi connectivity index (χ2v) is 10.1. The van der Waals surface area contributed by atoms with Crippen LogP contribution >= 0.6 is 0 Å². The van der Waals surface area contributed by atoms with Crippen molar-refractivity contribution in [3.63, 3.8) is 0 Å². The number of carbonyl (C=O) groups excluding carboxylic acids is 1. The number of anilines is 2. The molecule has 0 unspecified atom stereocenters. The molecule has 6 rings (SSSR count). The van der Waals surface area contributed by atoms with Crippen LogP contribution in [0.1, 0.15) is 40.0 Å². The third-order valence-electron chi connectivity index (χ3n) is 7.57. The van der Waals surface area contributed by atoms with Crippen molar-refractivity contribution in [2.75, 3.05) is 10.2 Å². The van der Waals surface area contributed by atoms with E-state index in [9.17, 15) is 4.79 Å². The van der Waals surface area contributed by atoms with Crippen LogP contribution in [0.5, 0.6) is 0 Å². The van der Waals surface area contributed by atoms with Crippen molar-refractivity contribution in [3.05, 3.63) is 79.3 Å². The van der Waals surface area contributed by atoms with Crippen molar-refractivity contribution < 1.29 is 4.79 Å². The summed E-state index contributed by atoms with van der Waals surface area (Å²) in [4.78, 5) is 19.1. The molecule has 3 aromatic carbocycles. The molecule has 6 nitrogen and oxygen atoms in total. The van der Waals surface area contributed by atoms with Crippen molar-refractivity contribution in [2.24, 2.45) is 0 Å². The van der Waals surface area contributed by atoms with Crippen LogP contribution < -0.4 is 10.2 Å². The van der Waals surface area contributed by atoms with Gasteiger partial charge in [-0.1, -0.05) is 42.5 Å². The molecule has 1 aliphatic rings. The van der Waals surface area contributed by atoms with Gasteiger partial charge in [0.1, 0.15) is 0 Å². The summed E-state index contributed by atoms with van der Waals surface area (Å²) in [6.07, 6.45) is 9.65. The smallest absolute Gasteiger partial charge is 0.221 e. The van der Waals surface area contributed by atoms with E-state index in [-0.39, 0.29) is 5.91 Å². The highest BCUT2D eigenvalue weighted by atomic mass is 16.1. The van der Waals surface area contributed by atoms with E-state index >= 15 is 0 Å². The SMILES string of the molecule is CC(=O)Nc1ccc(-c2cnn3cc(-c4ccc(N5[C@H](C)CCC[C@@H]5C)cc4)cnc23)c2ccccc12.